The molecule has 1 aromatic rings. The van der Waals surface area contributed by atoms with Gasteiger partial charge in [0.05, 0.1) is 12.0 Å². The van der Waals surface area contributed by atoms with Gasteiger partial charge in [-0.2, -0.15) is 0 Å². The zero-order valence-electron chi connectivity index (χ0n) is 11.4. The van der Waals surface area contributed by atoms with Crippen LogP contribution in [0.5, 0.6) is 5.75 Å². The number of nitro benzene ring substituents is 1. The van der Waals surface area contributed by atoms with Crippen molar-refractivity contribution in [3.8, 4) is 5.75 Å². The molecule has 1 aromatic carbocycles. The zero-order chi connectivity index (χ0) is 13.8. The summed E-state index contributed by atoms with van der Waals surface area (Å²) in [7, 11) is 1.59. The number of benzene rings is 1. The zero-order valence-corrected chi connectivity index (χ0v) is 11.4. The molecule has 1 N–H and O–H groups in total. The van der Waals surface area contributed by atoms with E-state index in [2.05, 4.69) is 12.2 Å². The number of non-ortho nitro benzene ring substituents is 1. The molecule has 0 heterocycles. The Kier molecular flexibility index (Phi) is 4.37. The van der Waals surface area contributed by atoms with Crippen LogP contribution in [-0.4, -0.2) is 18.1 Å². The number of hydrogen-bond donors (Lipinski definition) is 1. The summed E-state index contributed by atoms with van der Waals surface area (Å²) in [5.41, 5.74) is 0.952. The van der Waals surface area contributed by atoms with E-state index >= 15 is 0 Å². The molecule has 0 spiro atoms. The van der Waals surface area contributed by atoms with Crippen LogP contribution >= 0.6 is 0 Å². The maximum absolute atomic E-state index is 10.8. The fourth-order valence-corrected chi connectivity index (χ4v) is 2.66. The molecule has 0 bridgehead atoms. The second-order valence-electron chi connectivity index (χ2n) is 5.25. The third-order valence-electron chi connectivity index (χ3n) is 3.75. The lowest BCUT2D eigenvalue weighted by Gasteiger charge is -2.14. The monoisotopic (exact) mass is 264 g/mol. The minimum absolute atomic E-state index is 0.109. The van der Waals surface area contributed by atoms with E-state index in [9.17, 15) is 10.1 Å². The van der Waals surface area contributed by atoms with Crippen LogP contribution in [0.3, 0.4) is 0 Å². The van der Waals surface area contributed by atoms with Crippen molar-refractivity contribution in [3.05, 3.63) is 33.9 Å². The van der Waals surface area contributed by atoms with Crippen molar-refractivity contribution in [3.63, 3.8) is 0 Å². The molecule has 0 aliphatic heterocycles. The molecular formula is C14H20N2O3. The van der Waals surface area contributed by atoms with Crippen molar-refractivity contribution >= 4 is 5.69 Å². The standard InChI is InChI=1S/C14H20N2O3/c1-10-3-4-12(7-10)15-9-11-8-13(16(17)18)5-6-14(11)19-2/h5-6,8,10,12,15H,3-4,7,9H2,1-2H3. The van der Waals surface area contributed by atoms with Gasteiger partial charge in [-0.1, -0.05) is 6.92 Å². The first-order valence-corrected chi connectivity index (χ1v) is 6.65. The van der Waals surface area contributed by atoms with Crippen molar-refractivity contribution in [2.45, 2.75) is 38.8 Å². The average Bonchev–Trinajstić information content (AvgIpc) is 2.81. The molecule has 0 aromatic heterocycles. The molecule has 0 amide bonds. The highest BCUT2D eigenvalue weighted by atomic mass is 16.6. The second kappa shape index (κ2) is 6.02. The Bertz CT molecular complexity index is 462. The van der Waals surface area contributed by atoms with Gasteiger partial charge in [0, 0.05) is 30.3 Å². The maximum Gasteiger partial charge on any atom is 0.270 e. The Morgan fingerprint density at radius 3 is 2.84 bits per heavy atom. The molecule has 2 rings (SSSR count). The Morgan fingerprint density at radius 2 is 2.26 bits per heavy atom. The highest BCUT2D eigenvalue weighted by Crippen LogP contribution is 2.27. The number of nitrogens with zero attached hydrogens (tertiary/aromatic N) is 1. The summed E-state index contributed by atoms with van der Waals surface area (Å²) < 4.78 is 5.25. The van der Waals surface area contributed by atoms with Crippen molar-refractivity contribution in [2.24, 2.45) is 5.92 Å². The Balaban J connectivity index is 2.05. The highest BCUT2D eigenvalue weighted by molar-refractivity contribution is 5.43. The van der Waals surface area contributed by atoms with Gasteiger partial charge >= 0.3 is 0 Å². The van der Waals surface area contributed by atoms with E-state index in [0.29, 0.717) is 18.3 Å². The molecule has 1 aliphatic rings. The number of methoxy groups -OCH3 is 1. The van der Waals surface area contributed by atoms with Crippen molar-refractivity contribution in [1.82, 2.24) is 5.32 Å². The molecule has 1 saturated carbocycles. The van der Waals surface area contributed by atoms with Crippen LogP contribution < -0.4 is 10.1 Å². The predicted octanol–water partition coefficient (Wildman–Crippen LogP) is 2.88. The molecule has 0 saturated heterocycles. The lowest BCUT2D eigenvalue weighted by Crippen LogP contribution is -2.26. The van der Waals surface area contributed by atoms with Crippen molar-refractivity contribution in [1.29, 1.82) is 0 Å². The first-order valence-electron chi connectivity index (χ1n) is 6.65. The normalized spacial score (nSPS) is 22.4. The minimum atomic E-state index is -0.374. The predicted molar refractivity (Wildman–Crippen MR) is 73.3 cm³/mol. The number of hydrogen-bond acceptors (Lipinski definition) is 4. The topological polar surface area (TPSA) is 64.4 Å². The summed E-state index contributed by atoms with van der Waals surface area (Å²) in [4.78, 5) is 10.4. The first kappa shape index (κ1) is 13.8. The van der Waals surface area contributed by atoms with Crippen LogP contribution in [0.25, 0.3) is 0 Å². The van der Waals surface area contributed by atoms with E-state index in [1.54, 1.807) is 19.2 Å². The number of ether oxygens (including phenoxy) is 1. The summed E-state index contributed by atoms with van der Waals surface area (Å²) in [6.07, 6.45) is 3.61. The van der Waals surface area contributed by atoms with Crippen LogP contribution in [0.1, 0.15) is 31.7 Å². The van der Waals surface area contributed by atoms with Crippen molar-refractivity contribution < 1.29 is 9.66 Å². The third kappa shape index (κ3) is 3.44. The fraction of sp³-hybridized carbons (Fsp3) is 0.571. The highest BCUT2D eigenvalue weighted by Gasteiger charge is 2.21. The van der Waals surface area contributed by atoms with Crippen LogP contribution in [0.15, 0.2) is 18.2 Å². The Morgan fingerprint density at radius 1 is 1.47 bits per heavy atom. The van der Waals surface area contributed by atoms with Gasteiger partial charge in [-0.05, 0) is 31.2 Å². The average molecular weight is 264 g/mol. The Hall–Kier alpha value is -1.62. The van der Waals surface area contributed by atoms with Gasteiger partial charge in [0.2, 0.25) is 0 Å². The SMILES string of the molecule is COc1ccc([N+](=O)[O-])cc1CNC1CCC(C)C1. The second-order valence-corrected chi connectivity index (χ2v) is 5.25. The van der Waals surface area contributed by atoms with E-state index in [1.165, 1.54) is 25.3 Å². The summed E-state index contributed by atoms with van der Waals surface area (Å²) in [6, 6.07) is 5.23. The van der Waals surface area contributed by atoms with E-state index in [-0.39, 0.29) is 10.6 Å². The lowest BCUT2D eigenvalue weighted by molar-refractivity contribution is -0.384. The van der Waals surface area contributed by atoms with Crippen LogP contribution in [0.2, 0.25) is 0 Å². The van der Waals surface area contributed by atoms with Crippen LogP contribution in [0, 0.1) is 16.0 Å². The van der Waals surface area contributed by atoms with Gasteiger partial charge in [0.25, 0.3) is 5.69 Å². The molecule has 5 heteroatoms. The van der Waals surface area contributed by atoms with Gasteiger partial charge in [0.1, 0.15) is 5.75 Å². The maximum atomic E-state index is 10.8. The molecule has 1 aliphatic carbocycles. The van der Waals surface area contributed by atoms with Crippen LogP contribution in [-0.2, 0) is 6.54 Å². The first-order chi connectivity index (χ1) is 9.10. The van der Waals surface area contributed by atoms with Gasteiger partial charge < -0.3 is 10.1 Å². The van der Waals surface area contributed by atoms with Crippen LogP contribution in [0.4, 0.5) is 5.69 Å². The molecule has 104 valence electrons. The van der Waals surface area contributed by atoms with Gasteiger partial charge in [-0.25, -0.2) is 0 Å². The summed E-state index contributed by atoms with van der Waals surface area (Å²) in [6.45, 7) is 2.87. The molecule has 2 unspecified atom stereocenters. The summed E-state index contributed by atoms with van der Waals surface area (Å²) in [5.74, 6) is 1.47. The number of nitro groups is 1. The number of rotatable bonds is 5. The minimum Gasteiger partial charge on any atom is -0.496 e. The summed E-state index contributed by atoms with van der Waals surface area (Å²) in [5, 5.41) is 14.3. The molecular weight excluding hydrogens is 244 g/mol. The largest absolute Gasteiger partial charge is 0.496 e. The Labute approximate surface area is 113 Å². The van der Waals surface area contributed by atoms with E-state index in [4.69, 9.17) is 4.74 Å². The fourth-order valence-electron chi connectivity index (χ4n) is 2.66. The third-order valence-corrected chi connectivity index (χ3v) is 3.75. The van der Waals surface area contributed by atoms with Gasteiger partial charge in [0.15, 0.2) is 0 Å². The van der Waals surface area contributed by atoms with E-state index < -0.39 is 0 Å². The summed E-state index contributed by atoms with van der Waals surface area (Å²) >= 11 is 0. The molecule has 1 fully saturated rings. The van der Waals surface area contributed by atoms with E-state index in [1.807, 2.05) is 0 Å². The molecule has 5 nitrogen and oxygen atoms in total. The van der Waals surface area contributed by atoms with Gasteiger partial charge in [-0.3, -0.25) is 10.1 Å². The number of nitrogens with one attached hydrogen (secondary N) is 1. The quantitative estimate of drug-likeness (QED) is 0.656. The molecule has 2 atom stereocenters. The molecule has 0 radical (unpaired) electrons. The lowest BCUT2D eigenvalue weighted by atomic mass is 10.1. The molecule has 19 heavy (non-hydrogen) atoms. The smallest absolute Gasteiger partial charge is 0.270 e. The van der Waals surface area contributed by atoms with E-state index in [0.717, 1.165) is 11.5 Å². The van der Waals surface area contributed by atoms with Crippen molar-refractivity contribution in [2.75, 3.05) is 7.11 Å². The van der Waals surface area contributed by atoms with Gasteiger partial charge in [-0.15, -0.1) is 0 Å².